The molecule has 12 heterocycles. The number of alkyl halides is 6. The van der Waals surface area contributed by atoms with E-state index in [9.17, 15) is 85.1 Å². The molecule has 0 spiro atoms. The SMILES string of the molecule is CC(C)c1cc(-c2ccc(C(F)(F)F)cc2)nn2cc(C(=O)N3CCN(C(=O)C(C)(C)O)CC3(C)C)nc12.CC(C)c1cc(-c2cccc(C(F)(F)F)c2)nn2cc(C(=O)N3CCN(C(=O)C(C)(C)O)CC3(C)C)nc12.Cc1ccc(-c2cc(C(C)C)c3nc(C(=O)N4CCN(C(=O)C(C)(C)O)CC4(C)C)cn3n2)cc1.Cc1cccc(-c2cc(C(C)C)c3nc(C(=O)N4CCN(C(=O)C(C)(C)O)CC4(C)C)cn3n2)c1. The molecule has 4 aliphatic rings. The molecule has 12 aromatic rings. The lowest BCUT2D eigenvalue weighted by Gasteiger charge is -2.47. The number of imidazole rings is 4. The smallest absolute Gasteiger partial charge is 0.381 e. The van der Waals surface area contributed by atoms with Crippen LogP contribution in [0, 0.1) is 13.8 Å². The van der Waals surface area contributed by atoms with Crippen molar-refractivity contribution in [3.8, 4) is 45.0 Å². The minimum atomic E-state index is -4.48. The van der Waals surface area contributed by atoms with E-state index < -0.39 is 79.9 Å². The van der Waals surface area contributed by atoms with Crippen LogP contribution < -0.4 is 0 Å². The monoisotopic (exact) mass is 2020 g/mol. The van der Waals surface area contributed by atoms with E-state index in [1.54, 1.807) is 78.8 Å². The van der Waals surface area contributed by atoms with Crippen molar-refractivity contribution in [3.05, 3.63) is 213 Å². The molecule has 4 saturated heterocycles. The Morgan fingerprint density at radius 2 is 0.541 bits per heavy atom. The van der Waals surface area contributed by atoms with Gasteiger partial charge in [-0.3, -0.25) is 38.4 Å². The molecule has 780 valence electrons. The summed E-state index contributed by atoms with van der Waals surface area (Å²) in [6.45, 7) is 50.8. The van der Waals surface area contributed by atoms with Crippen molar-refractivity contribution in [2.24, 2.45) is 0 Å². The number of carbonyl (C=O) groups excluding carboxylic acids is 8. The lowest BCUT2D eigenvalue weighted by atomic mass is 9.96. The zero-order valence-electron chi connectivity index (χ0n) is 87.9. The number of aromatic nitrogens is 12. The number of amides is 8. The molecule has 38 heteroatoms. The summed E-state index contributed by atoms with van der Waals surface area (Å²) in [5, 5.41) is 59.1. The molecule has 0 saturated carbocycles. The maximum Gasteiger partial charge on any atom is 0.416 e. The minimum absolute atomic E-state index is 0.00637. The second-order valence-corrected chi connectivity index (χ2v) is 44.2. The summed E-state index contributed by atoms with van der Waals surface area (Å²) >= 11 is 0. The lowest BCUT2D eigenvalue weighted by molar-refractivity contribution is -0.152. The van der Waals surface area contributed by atoms with E-state index in [0.717, 1.165) is 74.6 Å². The van der Waals surface area contributed by atoms with Gasteiger partial charge in [-0.1, -0.05) is 133 Å². The quantitative estimate of drug-likeness (QED) is 0.0653. The van der Waals surface area contributed by atoms with E-state index in [1.165, 1.54) is 101 Å². The van der Waals surface area contributed by atoms with Crippen LogP contribution in [0.4, 0.5) is 26.3 Å². The molecule has 32 nitrogen and oxygen atoms in total. The summed E-state index contributed by atoms with van der Waals surface area (Å²) in [6, 6.07) is 33.8. The van der Waals surface area contributed by atoms with Crippen LogP contribution in [-0.2, 0) is 31.5 Å². The molecule has 0 atom stereocenters. The van der Waals surface area contributed by atoms with Crippen molar-refractivity contribution in [3.63, 3.8) is 0 Å². The number of piperazine rings is 4. The highest BCUT2D eigenvalue weighted by atomic mass is 19.4. The van der Waals surface area contributed by atoms with Crippen LogP contribution in [0.1, 0.15) is 276 Å². The Kier molecular flexibility index (Phi) is 30.6. The molecule has 8 aromatic heterocycles. The topological polar surface area (TPSA) is 364 Å². The Morgan fingerprint density at radius 1 is 0.301 bits per heavy atom. The van der Waals surface area contributed by atoms with E-state index in [2.05, 4.69) is 98.1 Å². The first kappa shape index (κ1) is 110. The highest BCUT2D eigenvalue weighted by Gasteiger charge is 2.48. The second kappa shape index (κ2) is 40.7. The predicted octanol–water partition coefficient (Wildman–Crippen LogP) is 16.1. The van der Waals surface area contributed by atoms with Crippen LogP contribution >= 0.6 is 0 Å². The number of aryl methyl sites for hydroxylation is 2. The predicted molar refractivity (Wildman–Crippen MR) is 541 cm³/mol. The average molecular weight is 2020 g/mol. The van der Waals surface area contributed by atoms with Gasteiger partial charge >= 0.3 is 12.4 Å². The van der Waals surface area contributed by atoms with Crippen molar-refractivity contribution in [2.75, 3.05) is 78.5 Å². The van der Waals surface area contributed by atoms with E-state index in [4.69, 9.17) is 20.2 Å². The number of hydrogen-bond donors (Lipinski definition) is 4. The molecule has 4 aromatic carbocycles. The van der Waals surface area contributed by atoms with E-state index in [-0.39, 0.29) is 110 Å². The van der Waals surface area contributed by atoms with Gasteiger partial charge in [-0.25, -0.2) is 38.0 Å². The number of hydrogen-bond acceptors (Lipinski definition) is 20. The average Bonchev–Trinajstić information content (AvgIpc) is 1.64. The molecule has 16 rings (SSSR count). The molecule has 0 unspecified atom stereocenters. The number of nitrogens with zero attached hydrogens (tertiary/aromatic N) is 20. The fraction of sp³-hybridized carbons (Fsp3) is 0.481. The Balaban J connectivity index is 0.000000163. The summed E-state index contributed by atoms with van der Waals surface area (Å²) in [5.41, 5.74) is 4.40. The Labute approximate surface area is 845 Å². The van der Waals surface area contributed by atoms with Gasteiger partial charge in [0.25, 0.3) is 47.3 Å². The minimum Gasteiger partial charge on any atom is -0.381 e. The van der Waals surface area contributed by atoms with Crippen molar-refractivity contribution in [1.29, 1.82) is 0 Å². The number of rotatable bonds is 16. The summed E-state index contributed by atoms with van der Waals surface area (Å²) in [7, 11) is 0. The highest BCUT2D eigenvalue weighted by Crippen LogP contribution is 2.40. The number of fused-ring (bicyclic) bond motifs is 4. The first-order valence-corrected chi connectivity index (χ1v) is 49.0. The van der Waals surface area contributed by atoms with Gasteiger partial charge in [0.15, 0.2) is 22.6 Å². The second-order valence-electron chi connectivity index (χ2n) is 44.2. The molecule has 4 aliphatic heterocycles. The first-order chi connectivity index (χ1) is 67.5. The van der Waals surface area contributed by atoms with Crippen molar-refractivity contribution >= 4 is 69.8 Å². The number of aliphatic hydroxyl groups is 4. The standard InChI is InChI=1S/2C27H32F3N5O3.2C27H35N5O3/c1-16(2)19-13-20(17-7-9-18(10-8-17)27(28,29)30)32-35-14-21(31-22(19)35)23(36)34-12-11-33(15-25(34,3)4)24(37)26(5,6)38;1-16(2)19-13-20(17-8-7-9-18(12-17)27(28,29)30)32-35-14-21(31-22(19)35)23(36)34-11-10-33(15-25(34,3)4)24(37)26(5,6)38;1-17(2)20-14-21(19-10-8-18(3)9-11-19)29-32-15-22(28-23(20)32)24(33)31-13-12-30(16-26(31,4)5)25(34)27(6,7)35;1-17(2)20-14-21(19-10-8-9-18(3)13-19)29-32-15-22(28-23(20)32)24(33)31-12-11-30(16-26(31,4)5)25(34)27(6,7)35/h7-10,13-14,16,38H,11-12,15H2,1-6H3;7-9,12-14,16,38H,10-11,15H2,1-6H3;8-11,14-15,17,35H,12-13,16H2,1-7H3;8-10,13-15,17,35H,11-12,16H2,1-7H3. The molecule has 8 amide bonds. The van der Waals surface area contributed by atoms with Gasteiger partial charge in [0.05, 0.1) is 80.8 Å². The maximum atomic E-state index is 13.6. The third-order valence-corrected chi connectivity index (χ3v) is 26.7. The summed E-state index contributed by atoms with van der Waals surface area (Å²) in [6.07, 6.45) is -2.49. The number of benzene rings is 4. The van der Waals surface area contributed by atoms with Crippen LogP contribution in [0.25, 0.3) is 67.6 Å². The van der Waals surface area contributed by atoms with Gasteiger partial charge in [0.2, 0.25) is 0 Å². The van der Waals surface area contributed by atoms with Crippen LogP contribution in [0.2, 0.25) is 0 Å². The van der Waals surface area contributed by atoms with Crippen molar-refractivity contribution in [2.45, 2.75) is 261 Å². The zero-order valence-corrected chi connectivity index (χ0v) is 87.9. The molecule has 0 radical (unpaired) electrons. The van der Waals surface area contributed by atoms with Crippen LogP contribution in [-0.4, -0.2) is 288 Å². The van der Waals surface area contributed by atoms with Crippen LogP contribution in [0.15, 0.2) is 146 Å². The molecule has 0 bridgehead atoms. The Bertz CT molecular complexity index is 6960. The zero-order chi connectivity index (χ0) is 108. The van der Waals surface area contributed by atoms with E-state index >= 15 is 0 Å². The third kappa shape index (κ3) is 23.9. The van der Waals surface area contributed by atoms with Crippen molar-refractivity contribution < 1.29 is 85.1 Å². The molecule has 4 N–H and O–H groups in total. The third-order valence-electron chi connectivity index (χ3n) is 26.7. The van der Waals surface area contributed by atoms with Gasteiger partial charge in [-0.15, -0.1) is 0 Å². The summed E-state index contributed by atoms with van der Waals surface area (Å²) in [5.74, 6) is -2.15. The van der Waals surface area contributed by atoms with Gasteiger partial charge < -0.3 is 59.6 Å². The molecular weight excluding hydrogens is 1880 g/mol. The normalized spacial score (nSPS) is 16.3. The largest absolute Gasteiger partial charge is 0.416 e. The molecule has 0 aliphatic carbocycles. The fourth-order valence-corrected chi connectivity index (χ4v) is 18.8. The van der Waals surface area contributed by atoms with Crippen molar-refractivity contribution in [1.82, 2.24) is 97.6 Å². The van der Waals surface area contributed by atoms with Gasteiger partial charge in [0, 0.05) is 123 Å². The van der Waals surface area contributed by atoms with Gasteiger partial charge in [0.1, 0.15) is 45.2 Å². The number of halogens is 6. The Hall–Kier alpha value is -13.5. The van der Waals surface area contributed by atoms with E-state index in [0.29, 0.717) is 95.8 Å². The summed E-state index contributed by atoms with van der Waals surface area (Å²) < 4.78 is 85.2. The molecular formula is C108H134F6N20O12. The maximum absolute atomic E-state index is 13.6. The highest BCUT2D eigenvalue weighted by molar-refractivity contribution is 5.97. The fourth-order valence-electron chi connectivity index (χ4n) is 18.8. The molecule has 4 fully saturated rings. The lowest BCUT2D eigenvalue weighted by Crippen LogP contribution is -2.64. The number of carbonyl (C=O) groups is 8. The molecule has 146 heavy (non-hydrogen) atoms. The van der Waals surface area contributed by atoms with E-state index in [1.807, 2.05) is 107 Å². The van der Waals surface area contributed by atoms with Gasteiger partial charge in [-0.2, -0.15) is 46.7 Å². The summed E-state index contributed by atoms with van der Waals surface area (Å²) in [4.78, 5) is 136. The first-order valence-electron chi connectivity index (χ1n) is 49.0. The van der Waals surface area contributed by atoms with Gasteiger partial charge in [-0.05, 0) is 203 Å². The van der Waals surface area contributed by atoms with Crippen LogP contribution in [0.3, 0.4) is 0 Å². The Morgan fingerprint density at radius 3 is 0.774 bits per heavy atom. The van der Waals surface area contributed by atoms with Crippen LogP contribution in [0.5, 0.6) is 0 Å².